The molecule has 1 aliphatic heterocycles. The predicted molar refractivity (Wildman–Crippen MR) is 102 cm³/mol. The summed E-state index contributed by atoms with van der Waals surface area (Å²) in [6.45, 7) is 5.01. The molecule has 4 nitrogen and oxygen atoms in total. The predicted octanol–water partition coefficient (Wildman–Crippen LogP) is 4.42. The summed E-state index contributed by atoms with van der Waals surface area (Å²) in [6, 6.07) is 10.3. The van der Waals surface area contributed by atoms with Gasteiger partial charge in [-0.3, -0.25) is 4.98 Å². The van der Waals surface area contributed by atoms with Crippen LogP contribution < -0.4 is 5.32 Å². The average Bonchev–Trinajstić information content (AvgIpc) is 2.80. The molecule has 1 fully saturated rings. The highest BCUT2D eigenvalue weighted by Gasteiger charge is 2.22. The molecule has 2 amide bonds. The maximum absolute atomic E-state index is 12.6. The number of aryl methyl sites for hydroxylation is 1. The van der Waals surface area contributed by atoms with Crippen LogP contribution in [0.4, 0.5) is 10.5 Å². The molecule has 3 rings (SSSR count). The zero-order valence-corrected chi connectivity index (χ0v) is 15.0. The van der Waals surface area contributed by atoms with Gasteiger partial charge in [-0.25, -0.2) is 4.79 Å². The van der Waals surface area contributed by atoms with E-state index in [2.05, 4.69) is 30.2 Å². The number of anilines is 1. The zero-order chi connectivity index (χ0) is 16.9. The van der Waals surface area contributed by atoms with E-state index in [0.29, 0.717) is 0 Å². The summed E-state index contributed by atoms with van der Waals surface area (Å²) >= 11 is 1.92. The van der Waals surface area contributed by atoms with Crippen LogP contribution in [0.5, 0.6) is 0 Å². The summed E-state index contributed by atoms with van der Waals surface area (Å²) in [7, 11) is 0. The molecule has 0 bridgehead atoms. The van der Waals surface area contributed by atoms with Crippen molar-refractivity contribution in [2.75, 3.05) is 23.4 Å². The van der Waals surface area contributed by atoms with E-state index >= 15 is 0 Å². The van der Waals surface area contributed by atoms with Crippen molar-refractivity contribution >= 4 is 23.5 Å². The molecular weight excluding hydrogens is 318 g/mol. The molecule has 24 heavy (non-hydrogen) atoms. The first-order chi connectivity index (χ1) is 11.6. The summed E-state index contributed by atoms with van der Waals surface area (Å²) in [5.74, 6) is 2.14. The smallest absolute Gasteiger partial charge is 0.321 e. The van der Waals surface area contributed by atoms with Crippen LogP contribution in [-0.4, -0.2) is 40.0 Å². The van der Waals surface area contributed by atoms with Crippen LogP contribution in [0.15, 0.2) is 42.7 Å². The first-order valence-electron chi connectivity index (χ1n) is 8.31. The van der Waals surface area contributed by atoms with E-state index in [1.54, 1.807) is 12.4 Å². The Kier molecular flexibility index (Phi) is 5.41. The molecule has 0 aliphatic carbocycles. The minimum Gasteiger partial charge on any atom is -0.321 e. The summed E-state index contributed by atoms with van der Waals surface area (Å²) in [5.41, 5.74) is 4.28. The van der Waals surface area contributed by atoms with Gasteiger partial charge in [0.05, 0.1) is 0 Å². The normalized spacial score (nSPS) is 18.1. The van der Waals surface area contributed by atoms with Crippen LogP contribution in [-0.2, 0) is 0 Å². The quantitative estimate of drug-likeness (QED) is 0.879. The number of benzene rings is 1. The average molecular weight is 341 g/mol. The molecule has 0 radical (unpaired) electrons. The number of rotatable bonds is 2. The summed E-state index contributed by atoms with van der Waals surface area (Å²) in [4.78, 5) is 18.6. The number of hydrogen-bond acceptors (Lipinski definition) is 3. The van der Waals surface area contributed by atoms with Gasteiger partial charge in [0.2, 0.25) is 0 Å². The van der Waals surface area contributed by atoms with Gasteiger partial charge in [0, 0.05) is 36.4 Å². The number of carbonyl (C=O) groups is 1. The fourth-order valence-electron chi connectivity index (χ4n) is 2.99. The van der Waals surface area contributed by atoms with Gasteiger partial charge in [-0.2, -0.15) is 11.8 Å². The van der Waals surface area contributed by atoms with Crippen LogP contribution in [0.3, 0.4) is 0 Å². The highest BCUT2D eigenvalue weighted by Crippen LogP contribution is 2.26. The van der Waals surface area contributed by atoms with Crippen LogP contribution >= 0.6 is 11.8 Å². The minimum atomic E-state index is 0.000983. The molecule has 2 heterocycles. The van der Waals surface area contributed by atoms with Crippen molar-refractivity contribution in [3.8, 4) is 11.1 Å². The minimum absolute atomic E-state index is 0.000983. The molecule has 1 atom stereocenters. The van der Waals surface area contributed by atoms with Crippen LogP contribution in [0.2, 0.25) is 0 Å². The standard InChI is InChI=1S/C19H23N3OS/c1-14-13-17(3-4-18(14)16-5-8-20-9-6-16)21-19(23)22-10-12-24-11-7-15(22)2/h3-6,8-9,13,15H,7,10-12H2,1-2H3,(H,21,23). The van der Waals surface area contributed by atoms with E-state index in [4.69, 9.17) is 0 Å². The molecule has 1 aliphatic rings. The lowest BCUT2D eigenvalue weighted by atomic mass is 10.0. The van der Waals surface area contributed by atoms with Gasteiger partial charge in [0.25, 0.3) is 0 Å². The maximum Gasteiger partial charge on any atom is 0.322 e. The number of pyridine rings is 1. The van der Waals surface area contributed by atoms with Crippen molar-refractivity contribution in [3.05, 3.63) is 48.3 Å². The summed E-state index contributed by atoms with van der Waals surface area (Å²) in [6.07, 6.45) is 4.64. The van der Waals surface area contributed by atoms with Gasteiger partial charge in [-0.1, -0.05) is 6.07 Å². The second-order valence-electron chi connectivity index (χ2n) is 6.14. The van der Waals surface area contributed by atoms with E-state index in [1.165, 1.54) is 0 Å². The van der Waals surface area contributed by atoms with E-state index in [9.17, 15) is 4.79 Å². The lowest BCUT2D eigenvalue weighted by molar-refractivity contribution is 0.197. The van der Waals surface area contributed by atoms with Crippen LogP contribution in [0, 0.1) is 6.92 Å². The molecule has 0 saturated carbocycles. The fourth-order valence-corrected chi connectivity index (χ4v) is 4.03. The van der Waals surface area contributed by atoms with Gasteiger partial charge < -0.3 is 10.2 Å². The second kappa shape index (κ2) is 7.71. The van der Waals surface area contributed by atoms with Crippen molar-refractivity contribution in [1.82, 2.24) is 9.88 Å². The Morgan fingerprint density at radius 2 is 2.04 bits per heavy atom. The molecule has 0 spiro atoms. The number of carbonyl (C=O) groups excluding carboxylic acids is 1. The van der Waals surface area contributed by atoms with Crippen molar-refractivity contribution in [2.24, 2.45) is 0 Å². The number of nitrogens with one attached hydrogen (secondary N) is 1. The van der Waals surface area contributed by atoms with Crippen molar-refractivity contribution in [2.45, 2.75) is 26.3 Å². The molecule has 1 N–H and O–H groups in total. The van der Waals surface area contributed by atoms with Gasteiger partial charge in [-0.05, 0) is 67.0 Å². The zero-order valence-electron chi connectivity index (χ0n) is 14.2. The number of hydrogen-bond donors (Lipinski definition) is 1. The highest BCUT2D eigenvalue weighted by molar-refractivity contribution is 7.99. The Morgan fingerprint density at radius 1 is 1.25 bits per heavy atom. The summed E-state index contributed by atoms with van der Waals surface area (Å²) < 4.78 is 0. The molecule has 126 valence electrons. The first kappa shape index (κ1) is 16.8. The number of thioether (sulfide) groups is 1. The maximum atomic E-state index is 12.6. The Bertz CT molecular complexity index is 705. The molecule has 1 aromatic heterocycles. The fraction of sp³-hybridized carbons (Fsp3) is 0.368. The van der Waals surface area contributed by atoms with Gasteiger partial charge >= 0.3 is 6.03 Å². The molecule has 5 heteroatoms. The summed E-state index contributed by atoms with van der Waals surface area (Å²) in [5, 5.41) is 3.05. The number of aromatic nitrogens is 1. The van der Waals surface area contributed by atoms with E-state index in [0.717, 1.165) is 46.8 Å². The van der Waals surface area contributed by atoms with Gasteiger partial charge in [0.1, 0.15) is 0 Å². The monoisotopic (exact) mass is 341 g/mol. The van der Waals surface area contributed by atoms with Crippen molar-refractivity contribution in [3.63, 3.8) is 0 Å². The third-order valence-electron chi connectivity index (χ3n) is 4.42. The Morgan fingerprint density at radius 3 is 2.79 bits per heavy atom. The van der Waals surface area contributed by atoms with E-state index in [1.807, 2.05) is 40.9 Å². The second-order valence-corrected chi connectivity index (χ2v) is 7.36. The molecular formula is C19H23N3OS. The third kappa shape index (κ3) is 3.90. The Balaban J connectivity index is 1.74. The third-order valence-corrected chi connectivity index (χ3v) is 5.41. The topological polar surface area (TPSA) is 45.2 Å². The lowest BCUT2D eigenvalue weighted by Gasteiger charge is -2.27. The Hall–Kier alpha value is -2.01. The van der Waals surface area contributed by atoms with Crippen LogP contribution in [0.25, 0.3) is 11.1 Å². The Labute approximate surface area is 147 Å². The number of urea groups is 1. The first-order valence-corrected chi connectivity index (χ1v) is 9.47. The van der Waals surface area contributed by atoms with Crippen molar-refractivity contribution in [1.29, 1.82) is 0 Å². The van der Waals surface area contributed by atoms with E-state index in [-0.39, 0.29) is 12.1 Å². The molecule has 1 unspecified atom stereocenters. The molecule has 1 aromatic carbocycles. The lowest BCUT2D eigenvalue weighted by Crippen LogP contribution is -2.41. The van der Waals surface area contributed by atoms with Gasteiger partial charge in [-0.15, -0.1) is 0 Å². The SMILES string of the molecule is Cc1cc(NC(=O)N2CCSCCC2C)ccc1-c1ccncc1. The molecule has 2 aromatic rings. The van der Waals surface area contributed by atoms with Gasteiger partial charge in [0.15, 0.2) is 0 Å². The largest absolute Gasteiger partial charge is 0.322 e. The van der Waals surface area contributed by atoms with E-state index < -0.39 is 0 Å². The van der Waals surface area contributed by atoms with Crippen LogP contribution in [0.1, 0.15) is 18.9 Å². The highest BCUT2D eigenvalue weighted by atomic mass is 32.2. The van der Waals surface area contributed by atoms with Crippen molar-refractivity contribution < 1.29 is 4.79 Å². The number of amides is 2. The molecule has 1 saturated heterocycles. The number of nitrogens with zero attached hydrogens (tertiary/aromatic N) is 2.